The summed E-state index contributed by atoms with van der Waals surface area (Å²) >= 11 is 6.13. The van der Waals surface area contributed by atoms with Gasteiger partial charge in [-0.05, 0) is 48.9 Å². The fourth-order valence-electron chi connectivity index (χ4n) is 2.57. The Hall–Kier alpha value is -3.38. The quantitative estimate of drug-likeness (QED) is 0.605. The van der Waals surface area contributed by atoms with Gasteiger partial charge < -0.3 is 15.4 Å². The summed E-state index contributed by atoms with van der Waals surface area (Å²) in [5, 5.41) is 6.57. The van der Waals surface area contributed by atoms with Crippen LogP contribution in [0.3, 0.4) is 0 Å². The third-order valence-electron chi connectivity index (χ3n) is 4.12. The van der Waals surface area contributed by atoms with Gasteiger partial charge >= 0.3 is 5.97 Å². The number of nitrogens with zero attached hydrogens (tertiary/aromatic N) is 1. The summed E-state index contributed by atoms with van der Waals surface area (Å²) in [5.74, 6) is -0.956. The number of hydrogen-bond acceptors (Lipinski definition) is 5. The smallest absolute Gasteiger partial charge is 0.339 e. The van der Waals surface area contributed by atoms with Gasteiger partial charge in [-0.3, -0.25) is 4.79 Å². The summed E-state index contributed by atoms with van der Waals surface area (Å²) in [4.78, 5) is 28.5. The molecule has 3 rings (SSSR count). The van der Waals surface area contributed by atoms with Crippen LogP contribution in [0.15, 0.2) is 60.8 Å². The summed E-state index contributed by atoms with van der Waals surface area (Å²) in [6.45, 7) is 1.92. The average molecular weight is 396 g/mol. The van der Waals surface area contributed by atoms with E-state index in [0.717, 1.165) is 16.9 Å². The number of aromatic nitrogens is 1. The molecule has 0 saturated carbocycles. The first kappa shape index (κ1) is 19.4. The van der Waals surface area contributed by atoms with E-state index in [9.17, 15) is 9.59 Å². The zero-order chi connectivity index (χ0) is 20.1. The molecular formula is C21H18ClN3O3. The van der Waals surface area contributed by atoms with Crippen molar-refractivity contribution in [2.75, 3.05) is 17.7 Å². The maximum atomic E-state index is 12.5. The number of rotatable bonds is 5. The van der Waals surface area contributed by atoms with Crippen LogP contribution in [0.25, 0.3) is 0 Å². The Labute approximate surface area is 167 Å². The molecule has 2 N–H and O–H groups in total. The van der Waals surface area contributed by atoms with Crippen molar-refractivity contribution < 1.29 is 14.3 Å². The van der Waals surface area contributed by atoms with Crippen LogP contribution in [-0.4, -0.2) is 24.0 Å². The Balaban J connectivity index is 1.74. The molecule has 7 heteroatoms. The number of carbonyl (C=O) groups is 2. The van der Waals surface area contributed by atoms with Crippen LogP contribution in [0.5, 0.6) is 0 Å². The molecular weight excluding hydrogens is 378 g/mol. The van der Waals surface area contributed by atoms with Gasteiger partial charge in [0.15, 0.2) is 0 Å². The Morgan fingerprint density at radius 2 is 1.75 bits per heavy atom. The van der Waals surface area contributed by atoms with Crippen molar-refractivity contribution in [1.29, 1.82) is 0 Å². The van der Waals surface area contributed by atoms with Gasteiger partial charge in [0.1, 0.15) is 5.69 Å². The molecule has 0 fully saturated rings. The van der Waals surface area contributed by atoms with Crippen molar-refractivity contribution in [2.45, 2.75) is 6.92 Å². The minimum Gasteiger partial charge on any atom is -0.465 e. The number of methoxy groups -OCH3 is 1. The van der Waals surface area contributed by atoms with Gasteiger partial charge in [-0.15, -0.1) is 0 Å². The number of halogens is 1. The largest absolute Gasteiger partial charge is 0.465 e. The molecule has 2 aromatic carbocycles. The van der Waals surface area contributed by atoms with E-state index in [1.807, 2.05) is 25.1 Å². The Bertz CT molecular complexity index is 1020. The van der Waals surface area contributed by atoms with Crippen LogP contribution in [0.4, 0.5) is 17.1 Å². The van der Waals surface area contributed by atoms with Crippen LogP contribution >= 0.6 is 11.6 Å². The summed E-state index contributed by atoms with van der Waals surface area (Å²) in [7, 11) is 1.29. The zero-order valence-electron chi connectivity index (χ0n) is 15.3. The lowest BCUT2D eigenvalue weighted by Crippen LogP contribution is -2.16. The number of pyridine rings is 1. The molecule has 1 heterocycles. The molecule has 3 aromatic rings. The van der Waals surface area contributed by atoms with Crippen LogP contribution in [0.2, 0.25) is 5.02 Å². The highest BCUT2D eigenvalue weighted by Gasteiger charge is 2.15. The first-order valence-electron chi connectivity index (χ1n) is 8.46. The minimum atomic E-state index is -0.528. The van der Waals surface area contributed by atoms with Gasteiger partial charge in [0.25, 0.3) is 5.91 Å². The monoisotopic (exact) mass is 395 g/mol. The molecule has 0 aliphatic heterocycles. The number of esters is 1. The molecule has 142 valence electrons. The second kappa shape index (κ2) is 8.54. The second-order valence-corrected chi connectivity index (χ2v) is 6.37. The lowest BCUT2D eigenvalue weighted by Gasteiger charge is -2.11. The van der Waals surface area contributed by atoms with Gasteiger partial charge in [-0.1, -0.05) is 29.8 Å². The maximum Gasteiger partial charge on any atom is 0.339 e. The Morgan fingerprint density at radius 3 is 2.46 bits per heavy atom. The summed E-state index contributed by atoms with van der Waals surface area (Å²) in [6.07, 6.45) is 1.56. The van der Waals surface area contributed by atoms with Crippen LogP contribution in [0, 0.1) is 6.92 Å². The van der Waals surface area contributed by atoms with Gasteiger partial charge in [-0.25, -0.2) is 9.78 Å². The molecule has 0 unspecified atom stereocenters. The fraction of sp³-hybridized carbons (Fsp3) is 0.0952. The van der Waals surface area contributed by atoms with Crippen molar-refractivity contribution in [3.63, 3.8) is 0 Å². The number of carbonyl (C=O) groups excluding carboxylic acids is 2. The van der Waals surface area contributed by atoms with E-state index in [1.165, 1.54) is 7.11 Å². The predicted octanol–water partition coefficient (Wildman–Crippen LogP) is 4.83. The van der Waals surface area contributed by atoms with Gasteiger partial charge in [0.2, 0.25) is 0 Å². The predicted molar refractivity (Wildman–Crippen MR) is 109 cm³/mol. The molecule has 0 bridgehead atoms. The number of hydrogen-bond donors (Lipinski definition) is 2. The van der Waals surface area contributed by atoms with E-state index >= 15 is 0 Å². The Kier molecular flexibility index (Phi) is 5.91. The number of para-hydroxylation sites is 1. The van der Waals surface area contributed by atoms with Crippen LogP contribution < -0.4 is 10.6 Å². The van der Waals surface area contributed by atoms with E-state index in [1.54, 1.807) is 42.6 Å². The lowest BCUT2D eigenvalue weighted by atomic mass is 10.1. The molecule has 0 aliphatic rings. The summed E-state index contributed by atoms with van der Waals surface area (Å²) in [5.41, 5.74) is 3.35. The zero-order valence-corrected chi connectivity index (χ0v) is 16.1. The van der Waals surface area contributed by atoms with Crippen molar-refractivity contribution in [3.8, 4) is 0 Å². The molecule has 28 heavy (non-hydrogen) atoms. The van der Waals surface area contributed by atoms with Crippen molar-refractivity contribution in [3.05, 3.63) is 82.6 Å². The highest BCUT2D eigenvalue weighted by Crippen LogP contribution is 2.26. The number of ether oxygens (including phenoxy) is 1. The number of anilines is 3. The molecule has 1 aromatic heterocycles. The molecule has 0 saturated heterocycles. The third kappa shape index (κ3) is 4.29. The van der Waals surface area contributed by atoms with Crippen molar-refractivity contribution in [2.24, 2.45) is 0 Å². The summed E-state index contributed by atoms with van der Waals surface area (Å²) in [6, 6.07) is 15.5. The standard InChI is InChI=1S/C21H18ClN3O3/c1-13-16(22)7-5-9-17(13)24-14-10-11-19(23-12-14)20(26)25-18-8-4-3-6-15(18)21(27)28-2/h3-12,24H,1-2H3,(H,25,26). The lowest BCUT2D eigenvalue weighted by molar-refractivity contribution is 0.0602. The molecule has 0 spiro atoms. The van der Waals surface area contributed by atoms with E-state index < -0.39 is 11.9 Å². The van der Waals surface area contributed by atoms with E-state index in [0.29, 0.717) is 10.7 Å². The third-order valence-corrected chi connectivity index (χ3v) is 4.53. The maximum absolute atomic E-state index is 12.5. The molecule has 6 nitrogen and oxygen atoms in total. The average Bonchev–Trinajstić information content (AvgIpc) is 2.71. The summed E-state index contributed by atoms with van der Waals surface area (Å²) < 4.78 is 4.73. The van der Waals surface area contributed by atoms with Crippen molar-refractivity contribution >= 4 is 40.5 Å². The first-order chi connectivity index (χ1) is 13.5. The minimum absolute atomic E-state index is 0.216. The molecule has 0 atom stereocenters. The van der Waals surface area contributed by atoms with Crippen LogP contribution in [-0.2, 0) is 4.74 Å². The highest BCUT2D eigenvalue weighted by molar-refractivity contribution is 6.31. The molecule has 0 radical (unpaired) electrons. The van der Waals surface area contributed by atoms with Gasteiger partial charge in [-0.2, -0.15) is 0 Å². The van der Waals surface area contributed by atoms with E-state index in [4.69, 9.17) is 16.3 Å². The second-order valence-electron chi connectivity index (χ2n) is 5.96. The van der Waals surface area contributed by atoms with E-state index in [-0.39, 0.29) is 11.3 Å². The van der Waals surface area contributed by atoms with Crippen LogP contribution in [0.1, 0.15) is 26.4 Å². The molecule has 0 aliphatic carbocycles. The first-order valence-corrected chi connectivity index (χ1v) is 8.84. The number of nitrogens with one attached hydrogen (secondary N) is 2. The highest BCUT2D eigenvalue weighted by atomic mass is 35.5. The SMILES string of the molecule is COC(=O)c1ccccc1NC(=O)c1ccc(Nc2cccc(Cl)c2C)cn1. The Morgan fingerprint density at radius 1 is 1.00 bits per heavy atom. The van der Waals surface area contributed by atoms with Crippen molar-refractivity contribution in [1.82, 2.24) is 4.98 Å². The van der Waals surface area contributed by atoms with Gasteiger partial charge in [0.05, 0.1) is 30.2 Å². The van der Waals surface area contributed by atoms with Gasteiger partial charge in [0, 0.05) is 10.7 Å². The topological polar surface area (TPSA) is 80.3 Å². The molecule has 1 amide bonds. The fourth-order valence-corrected chi connectivity index (χ4v) is 2.74. The number of amides is 1. The number of benzene rings is 2. The van der Waals surface area contributed by atoms with E-state index in [2.05, 4.69) is 15.6 Å². The normalized spacial score (nSPS) is 10.2.